The van der Waals surface area contributed by atoms with Crippen LogP contribution in [0.3, 0.4) is 0 Å². The Morgan fingerprint density at radius 2 is 1.65 bits per heavy atom. The fourth-order valence-electron chi connectivity index (χ4n) is 1.93. The number of carbonyl (C=O) groups is 2. The fraction of sp³-hybridized carbons (Fsp3) is 0.222. The first kappa shape index (κ1) is 17.0. The van der Waals surface area contributed by atoms with Crippen LogP contribution in [0.2, 0.25) is 5.02 Å². The number of nitrogens with zero attached hydrogens (tertiary/aromatic N) is 1. The van der Waals surface area contributed by atoms with Crippen LogP contribution in [0.5, 0.6) is 5.75 Å². The molecule has 0 radical (unpaired) electrons. The van der Waals surface area contributed by atoms with Gasteiger partial charge in [0.1, 0.15) is 12.4 Å². The molecule has 0 aliphatic carbocycles. The molecule has 0 bridgehead atoms. The Balaban J connectivity index is 1.85. The molecule has 0 N–H and O–H groups in total. The Kier molecular flexibility index (Phi) is 5.77. The summed E-state index contributed by atoms with van der Waals surface area (Å²) in [5.74, 6) is -0.396. The molecule has 0 aromatic heterocycles. The van der Waals surface area contributed by atoms with Gasteiger partial charge in [-0.2, -0.15) is 0 Å². The quantitative estimate of drug-likeness (QED) is 0.602. The maximum absolute atomic E-state index is 12.1. The van der Waals surface area contributed by atoms with Crippen LogP contribution in [0.4, 0.5) is 0 Å². The number of hydrogen-bond acceptors (Lipinski definition) is 3. The average molecular weight is 332 g/mol. The first-order valence-corrected chi connectivity index (χ1v) is 7.60. The lowest BCUT2D eigenvalue weighted by molar-refractivity contribution is -0.125. The SMILES string of the molecule is Cc1ccc(C(=O)C(=O)N(C)CCOc2ccc(Cl)cc2)cc1. The zero-order chi connectivity index (χ0) is 16.8. The lowest BCUT2D eigenvalue weighted by atomic mass is 10.1. The molecule has 0 spiro atoms. The minimum Gasteiger partial charge on any atom is -0.492 e. The molecule has 5 heteroatoms. The molecule has 2 aromatic carbocycles. The average Bonchev–Trinajstić information content (AvgIpc) is 2.56. The highest BCUT2D eigenvalue weighted by molar-refractivity contribution is 6.42. The summed E-state index contributed by atoms with van der Waals surface area (Å²) in [5.41, 5.74) is 1.43. The van der Waals surface area contributed by atoms with Crippen molar-refractivity contribution in [1.82, 2.24) is 4.90 Å². The monoisotopic (exact) mass is 331 g/mol. The van der Waals surface area contributed by atoms with Crippen molar-refractivity contribution in [2.75, 3.05) is 20.2 Å². The van der Waals surface area contributed by atoms with Crippen molar-refractivity contribution in [3.05, 3.63) is 64.7 Å². The number of carbonyl (C=O) groups excluding carboxylic acids is 2. The second-order valence-electron chi connectivity index (χ2n) is 5.22. The Morgan fingerprint density at radius 3 is 2.26 bits per heavy atom. The maximum atomic E-state index is 12.1. The van der Waals surface area contributed by atoms with Crippen LogP contribution in [0.25, 0.3) is 0 Å². The molecule has 2 aromatic rings. The van der Waals surface area contributed by atoms with Gasteiger partial charge in [-0.3, -0.25) is 9.59 Å². The van der Waals surface area contributed by atoms with Gasteiger partial charge in [0.25, 0.3) is 5.91 Å². The summed E-state index contributed by atoms with van der Waals surface area (Å²) in [6.45, 7) is 2.54. The molecule has 0 aliphatic rings. The number of Topliss-reactive ketones (excluding diaryl/α,β-unsaturated/α-hetero) is 1. The van der Waals surface area contributed by atoms with Crippen molar-refractivity contribution in [3.63, 3.8) is 0 Å². The second-order valence-corrected chi connectivity index (χ2v) is 5.66. The van der Waals surface area contributed by atoms with Gasteiger partial charge >= 0.3 is 0 Å². The van der Waals surface area contributed by atoms with Gasteiger partial charge in [-0.1, -0.05) is 41.4 Å². The lowest BCUT2D eigenvalue weighted by Crippen LogP contribution is -2.36. The maximum Gasteiger partial charge on any atom is 0.294 e. The summed E-state index contributed by atoms with van der Waals surface area (Å²) in [7, 11) is 1.58. The van der Waals surface area contributed by atoms with Gasteiger partial charge in [0.15, 0.2) is 0 Å². The molecule has 1 amide bonds. The third-order valence-corrected chi connectivity index (χ3v) is 3.62. The van der Waals surface area contributed by atoms with Crippen molar-refractivity contribution in [1.29, 1.82) is 0 Å². The van der Waals surface area contributed by atoms with E-state index in [1.54, 1.807) is 43.4 Å². The van der Waals surface area contributed by atoms with E-state index in [2.05, 4.69) is 0 Å². The van der Waals surface area contributed by atoms with Crippen LogP contribution in [0.1, 0.15) is 15.9 Å². The van der Waals surface area contributed by atoms with E-state index < -0.39 is 11.7 Å². The first-order chi connectivity index (χ1) is 11.0. The lowest BCUT2D eigenvalue weighted by Gasteiger charge is -2.16. The Bertz CT molecular complexity index is 680. The summed E-state index contributed by atoms with van der Waals surface area (Å²) < 4.78 is 5.52. The molecule has 4 nitrogen and oxygen atoms in total. The van der Waals surface area contributed by atoms with E-state index >= 15 is 0 Å². The highest BCUT2D eigenvalue weighted by atomic mass is 35.5. The van der Waals surface area contributed by atoms with Gasteiger partial charge in [0.2, 0.25) is 5.78 Å². The summed E-state index contributed by atoms with van der Waals surface area (Å²) in [6, 6.07) is 13.9. The number of ketones is 1. The third kappa shape index (κ3) is 4.83. The van der Waals surface area contributed by atoms with Gasteiger partial charge in [0, 0.05) is 17.6 Å². The van der Waals surface area contributed by atoms with Crippen molar-refractivity contribution in [3.8, 4) is 5.75 Å². The Hall–Kier alpha value is -2.33. The highest BCUT2D eigenvalue weighted by Gasteiger charge is 2.20. The number of rotatable bonds is 6. The molecule has 0 atom stereocenters. The van der Waals surface area contributed by atoms with E-state index in [-0.39, 0.29) is 0 Å². The minimum atomic E-state index is -0.548. The summed E-state index contributed by atoms with van der Waals surface area (Å²) in [5, 5.41) is 0.633. The van der Waals surface area contributed by atoms with Crippen molar-refractivity contribution < 1.29 is 14.3 Å². The molecule has 0 saturated heterocycles. The topological polar surface area (TPSA) is 46.6 Å². The molecule has 23 heavy (non-hydrogen) atoms. The standard InChI is InChI=1S/C18H18ClNO3/c1-13-3-5-14(6-4-13)17(21)18(22)20(2)11-12-23-16-9-7-15(19)8-10-16/h3-10H,11-12H2,1-2H3. The van der Waals surface area contributed by atoms with Crippen LogP contribution in [-0.2, 0) is 4.79 Å². The molecule has 0 saturated carbocycles. The van der Waals surface area contributed by atoms with Crippen molar-refractivity contribution >= 4 is 23.3 Å². The van der Waals surface area contributed by atoms with Crippen LogP contribution in [0, 0.1) is 6.92 Å². The van der Waals surface area contributed by atoms with Crippen LogP contribution in [-0.4, -0.2) is 36.8 Å². The molecule has 0 unspecified atom stereocenters. The number of hydrogen-bond donors (Lipinski definition) is 0. The molecule has 0 fully saturated rings. The van der Waals surface area contributed by atoms with Crippen molar-refractivity contribution in [2.24, 2.45) is 0 Å². The van der Waals surface area contributed by atoms with Gasteiger partial charge in [-0.05, 0) is 31.2 Å². The predicted molar refractivity (Wildman–Crippen MR) is 90.1 cm³/mol. The molecule has 120 valence electrons. The minimum absolute atomic E-state index is 0.297. The molecular weight excluding hydrogens is 314 g/mol. The van der Waals surface area contributed by atoms with Crippen LogP contribution < -0.4 is 4.74 Å². The van der Waals surface area contributed by atoms with Gasteiger partial charge < -0.3 is 9.64 Å². The predicted octanol–water partition coefficient (Wildman–Crippen LogP) is 3.37. The normalized spacial score (nSPS) is 10.2. The van der Waals surface area contributed by atoms with E-state index in [0.717, 1.165) is 5.56 Å². The number of likely N-dealkylation sites (N-methyl/N-ethyl adjacent to an activating group) is 1. The smallest absolute Gasteiger partial charge is 0.294 e. The van der Waals surface area contributed by atoms with Gasteiger partial charge in [-0.15, -0.1) is 0 Å². The Labute approximate surface area is 140 Å². The fourth-order valence-corrected chi connectivity index (χ4v) is 2.06. The highest BCUT2D eigenvalue weighted by Crippen LogP contribution is 2.15. The number of aryl methyl sites for hydroxylation is 1. The van der Waals surface area contributed by atoms with Gasteiger partial charge in [-0.25, -0.2) is 0 Å². The van der Waals surface area contributed by atoms with Crippen LogP contribution in [0.15, 0.2) is 48.5 Å². The van der Waals surface area contributed by atoms with E-state index in [4.69, 9.17) is 16.3 Å². The number of amides is 1. The van der Waals surface area contributed by atoms with Gasteiger partial charge in [0.05, 0.1) is 6.54 Å². The zero-order valence-corrected chi connectivity index (χ0v) is 13.8. The molecule has 2 rings (SSSR count). The zero-order valence-electron chi connectivity index (χ0n) is 13.1. The number of halogens is 1. The largest absolute Gasteiger partial charge is 0.492 e. The number of ether oxygens (including phenoxy) is 1. The first-order valence-electron chi connectivity index (χ1n) is 7.22. The van der Waals surface area contributed by atoms with E-state index in [1.165, 1.54) is 4.90 Å². The summed E-state index contributed by atoms with van der Waals surface area (Å²) >= 11 is 5.79. The molecule has 0 aliphatic heterocycles. The summed E-state index contributed by atoms with van der Waals surface area (Å²) in [6.07, 6.45) is 0. The van der Waals surface area contributed by atoms with Crippen molar-refractivity contribution in [2.45, 2.75) is 6.92 Å². The molecule has 0 heterocycles. The summed E-state index contributed by atoms with van der Waals surface area (Å²) in [4.78, 5) is 25.6. The Morgan fingerprint density at radius 1 is 1.04 bits per heavy atom. The van der Waals surface area contributed by atoms with E-state index in [1.807, 2.05) is 19.1 Å². The van der Waals surface area contributed by atoms with Crippen LogP contribution >= 0.6 is 11.6 Å². The molecular formula is C18H18ClNO3. The number of benzene rings is 2. The second kappa shape index (κ2) is 7.79. The van der Waals surface area contributed by atoms with E-state index in [0.29, 0.717) is 29.5 Å². The third-order valence-electron chi connectivity index (χ3n) is 3.36. The van der Waals surface area contributed by atoms with E-state index in [9.17, 15) is 9.59 Å².